The van der Waals surface area contributed by atoms with E-state index in [1.165, 1.54) is 6.07 Å². The molecule has 88 valence electrons. The first-order valence-electron chi connectivity index (χ1n) is 5.41. The molecule has 1 aromatic rings. The van der Waals surface area contributed by atoms with Crippen molar-refractivity contribution in [1.82, 2.24) is 5.32 Å². The fourth-order valence-electron chi connectivity index (χ4n) is 1.27. The minimum atomic E-state index is -0.411. The van der Waals surface area contributed by atoms with Crippen molar-refractivity contribution in [2.24, 2.45) is 5.92 Å². The first-order chi connectivity index (χ1) is 7.65. The van der Waals surface area contributed by atoms with Crippen molar-refractivity contribution in [2.75, 3.05) is 18.4 Å². The smallest absolute Gasteiger partial charge is 0.228 e. The third-order valence-corrected chi connectivity index (χ3v) is 2.28. The Hall–Kier alpha value is -1.42. The van der Waals surface area contributed by atoms with Gasteiger partial charge in [-0.15, -0.1) is 0 Å². The molecule has 0 aliphatic heterocycles. The summed E-state index contributed by atoms with van der Waals surface area (Å²) in [5.41, 5.74) is 0.232. The van der Waals surface area contributed by atoms with Crippen molar-refractivity contribution in [3.63, 3.8) is 0 Å². The third-order valence-electron chi connectivity index (χ3n) is 2.28. The standard InChI is InChI=1S/C12H17FN2O/c1-3-14-8-9(2)12(16)15-11-7-5-4-6-10(11)13/h4-7,9,14H,3,8H2,1-2H3,(H,15,16). The van der Waals surface area contributed by atoms with Gasteiger partial charge in [-0.2, -0.15) is 0 Å². The molecule has 0 saturated heterocycles. The molecule has 3 nitrogen and oxygen atoms in total. The van der Waals surface area contributed by atoms with Gasteiger partial charge in [0.1, 0.15) is 5.82 Å². The van der Waals surface area contributed by atoms with Gasteiger partial charge in [0.05, 0.1) is 5.69 Å². The molecule has 0 radical (unpaired) electrons. The number of amides is 1. The van der Waals surface area contributed by atoms with Crippen LogP contribution in [0, 0.1) is 11.7 Å². The van der Waals surface area contributed by atoms with Gasteiger partial charge in [0, 0.05) is 12.5 Å². The van der Waals surface area contributed by atoms with Gasteiger partial charge in [-0.25, -0.2) is 4.39 Å². The van der Waals surface area contributed by atoms with Crippen LogP contribution in [0.2, 0.25) is 0 Å². The number of anilines is 1. The van der Waals surface area contributed by atoms with Gasteiger partial charge in [0.15, 0.2) is 0 Å². The van der Waals surface area contributed by atoms with Gasteiger partial charge < -0.3 is 10.6 Å². The van der Waals surface area contributed by atoms with Gasteiger partial charge in [0.25, 0.3) is 0 Å². The largest absolute Gasteiger partial charge is 0.323 e. The number of carbonyl (C=O) groups is 1. The van der Waals surface area contributed by atoms with Crippen LogP contribution in [-0.4, -0.2) is 19.0 Å². The summed E-state index contributed by atoms with van der Waals surface area (Å²) in [6.45, 7) is 5.19. The normalized spacial score (nSPS) is 12.2. The summed E-state index contributed by atoms with van der Waals surface area (Å²) < 4.78 is 13.2. The minimum absolute atomic E-state index is 0.175. The van der Waals surface area contributed by atoms with E-state index in [-0.39, 0.29) is 17.5 Å². The Labute approximate surface area is 95.0 Å². The Bertz CT molecular complexity index is 355. The molecular formula is C12H17FN2O. The summed E-state index contributed by atoms with van der Waals surface area (Å²) in [5, 5.41) is 5.64. The Morgan fingerprint density at radius 3 is 2.75 bits per heavy atom. The number of hydrogen-bond donors (Lipinski definition) is 2. The zero-order valence-corrected chi connectivity index (χ0v) is 9.59. The number of hydrogen-bond acceptors (Lipinski definition) is 2. The first-order valence-corrected chi connectivity index (χ1v) is 5.41. The van der Waals surface area contributed by atoms with Crippen LogP contribution >= 0.6 is 0 Å². The van der Waals surface area contributed by atoms with E-state index in [4.69, 9.17) is 0 Å². The summed E-state index contributed by atoms with van der Waals surface area (Å²) in [6.07, 6.45) is 0. The molecule has 1 unspecified atom stereocenters. The van der Waals surface area contributed by atoms with Gasteiger partial charge in [-0.1, -0.05) is 26.0 Å². The van der Waals surface area contributed by atoms with Crippen molar-refractivity contribution in [2.45, 2.75) is 13.8 Å². The third kappa shape index (κ3) is 3.62. The van der Waals surface area contributed by atoms with Gasteiger partial charge >= 0.3 is 0 Å². The predicted octanol–water partition coefficient (Wildman–Crippen LogP) is 2.01. The fourth-order valence-corrected chi connectivity index (χ4v) is 1.27. The SMILES string of the molecule is CCNCC(C)C(=O)Nc1ccccc1F. The second-order valence-electron chi connectivity index (χ2n) is 3.68. The Morgan fingerprint density at radius 1 is 1.44 bits per heavy atom. The Kier molecular flexibility index (Phi) is 4.92. The van der Waals surface area contributed by atoms with E-state index in [9.17, 15) is 9.18 Å². The van der Waals surface area contributed by atoms with E-state index in [0.717, 1.165) is 6.54 Å². The minimum Gasteiger partial charge on any atom is -0.323 e. The van der Waals surface area contributed by atoms with Crippen molar-refractivity contribution in [1.29, 1.82) is 0 Å². The first kappa shape index (κ1) is 12.6. The second-order valence-corrected chi connectivity index (χ2v) is 3.68. The van der Waals surface area contributed by atoms with E-state index >= 15 is 0 Å². The molecule has 2 N–H and O–H groups in total. The number of nitrogens with one attached hydrogen (secondary N) is 2. The van der Waals surface area contributed by atoms with Crippen LogP contribution in [0.3, 0.4) is 0 Å². The van der Waals surface area contributed by atoms with Crippen molar-refractivity contribution < 1.29 is 9.18 Å². The quantitative estimate of drug-likeness (QED) is 0.803. The van der Waals surface area contributed by atoms with Gasteiger partial charge in [-0.05, 0) is 18.7 Å². The molecule has 1 rings (SSSR count). The summed E-state index contributed by atoms with van der Waals surface area (Å²) in [6, 6.07) is 6.15. The zero-order chi connectivity index (χ0) is 12.0. The van der Waals surface area contributed by atoms with Crippen LogP contribution in [0.1, 0.15) is 13.8 Å². The Balaban J connectivity index is 2.54. The molecule has 0 aliphatic carbocycles. The highest BCUT2D eigenvalue weighted by Gasteiger charge is 2.13. The molecule has 0 aromatic heterocycles. The van der Waals surface area contributed by atoms with E-state index < -0.39 is 5.82 Å². The van der Waals surface area contributed by atoms with Crippen LogP contribution in [0.4, 0.5) is 10.1 Å². The summed E-state index contributed by atoms with van der Waals surface area (Å²) in [4.78, 5) is 11.7. The lowest BCUT2D eigenvalue weighted by molar-refractivity contribution is -0.119. The average Bonchev–Trinajstić information content (AvgIpc) is 2.28. The van der Waals surface area contributed by atoms with Crippen LogP contribution in [0.5, 0.6) is 0 Å². The van der Waals surface area contributed by atoms with E-state index in [1.54, 1.807) is 25.1 Å². The van der Waals surface area contributed by atoms with Gasteiger partial charge in [0.2, 0.25) is 5.91 Å². The highest BCUT2D eigenvalue weighted by Crippen LogP contribution is 2.13. The lowest BCUT2D eigenvalue weighted by Crippen LogP contribution is -2.30. The number of rotatable bonds is 5. The molecular weight excluding hydrogens is 207 g/mol. The zero-order valence-electron chi connectivity index (χ0n) is 9.59. The molecule has 0 aliphatic rings. The summed E-state index contributed by atoms with van der Waals surface area (Å²) >= 11 is 0. The van der Waals surface area contributed by atoms with Crippen molar-refractivity contribution in [3.05, 3.63) is 30.1 Å². The van der Waals surface area contributed by atoms with Crippen LogP contribution in [-0.2, 0) is 4.79 Å². The lowest BCUT2D eigenvalue weighted by Gasteiger charge is -2.12. The fraction of sp³-hybridized carbons (Fsp3) is 0.417. The maximum Gasteiger partial charge on any atom is 0.228 e. The number of para-hydroxylation sites is 1. The van der Waals surface area contributed by atoms with E-state index in [2.05, 4.69) is 10.6 Å². The molecule has 4 heteroatoms. The van der Waals surface area contributed by atoms with Crippen molar-refractivity contribution >= 4 is 11.6 Å². The average molecular weight is 224 g/mol. The predicted molar refractivity (Wildman–Crippen MR) is 62.7 cm³/mol. The molecule has 1 aromatic carbocycles. The second kappa shape index (κ2) is 6.23. The van der Waals surface area contributed by atoms with Crippen LogP contribution in [0.25, 0.3) is 0 Å². The highest BCUT2D eigenvalue weighted by atomic mass is 19.1. The van der Waals surface area contributed by atoms with E-state index in [0.29, 0.717) is 6.54 Å². The highest BCUT2D eigenvalue weighted by molar-refractivity contribution is 5.92. The number of benzene rings is 1. The lowest BCUT2D eigenvalue weighted by atomic mass is 10.1. The van der Waals surface area contributed by atoms with E-state index in [1.807, 2.05) is 6.92 Å². The Morgan fingerprint density at radius 2 is 2.12 bits per heavy atom. The molecule has 0 saturated carbocycles. The molecule has 1 atom stereocenters. The summed E-state index contributed by atoms with van der Waals surface area (Å²) in [7, 11) is 0. The molecule has 0 heterocycles. The molecule has 0 spiro atoms. The maximum absolute atomic E-state index is 13.2. The molecule has 1 amide bonds. The molecule has 16 heavy (non-hydrogen) atoms. The summed E-state index contributed by atoms with van der Waals surface area (Å²) in [5.74, 6) is -0.767. The molecule has 0 fully saturated rings. The van der Waals surface area contributed by atoms with Crippen LogP contribution in [0.15, 0.2) is 24.3 Å². The number of carbonyl (C=O) groups excluding carboxylic acids is 1. The maximum atomic E-state index is 13.2. The van der Waals surface area contributed by atoms with Gasteiger partial charge in [-0.3, -0.25) is 4.79 Å². The number of halogens is 1. The van der Waals surface area contributed by atoms with Crippen molar-refractivity contribution in [3.8, 4) is 0 Å². The monoisotopic (exact) mass is 224 g/mol. The molecule has 0 bridgehead atoms. The topological polar surface area (TPSA) is 41.1 Å². The van der Waals surface area contributed by atoms with Crippen LogP contribution < -0.4 is 10.6 Å².